The van der Waals surface area contributed by atoms with Crippen LogP contribution in [0.1, 0.15) is 24.5 Å². The van der Waals surface area contributed by atoms with Crippen molar-refractivity contribution in [2.45, 2.75) is 25.9 Å². The van der Waals surface area contributed by atoms with E-state index < -0.39 is 11.7 Å². The van der Waals surface area contributed by atoms with Crippen LogP contribution in [-0.4, -0.2) is 25.5 Å². The van der Waals surface area contributed by atoms with Gasteiger partial charge in [-0.3, -0.25) is 4.79 Å². The monoisotopic (exact) mass is 288 g/mol. The Kier molecular flexibility index (Phi) is 6.51. The van der Waals surface area contributed by atoms with Gasteiger partial charge >= 0.3 is 6.18 Å². The minimum Gasteiger partial charge on any atom is -0.355 e. The summed E-state index contributed by atoms with van der Waals surface area (Å²) in [6.07, 6.45) is -3.23. The van der Waals surface area contributed by atoms with Crippen LogP contribution in [0.4, 0.5) is 13.2 Å². The van der Waals surface area contributed by atoms with Gasteiger partial charge in [-0.1, -0.05) is 19.1 Å². The highest BCUT2D eigenvalue weighted by atomic mass is 19.4. The first-order chi connectivity index (χ1) is 9.43. The van der Waals surface area contributed by atoms with E-state index >= 15 is 0 Å². The van der Waals surface area contributed by atoms with E-state index in [2.05, 4.69) is 17.6 Å². The van der Waals surface area contributed by atoms with E-state index in [1.54, 1.807) is 0 Å². The normalized spacial score (nSPS) is 11.4. The van der Waals surface area contributed by atoms with E-state index in [1.807, 2.05) is 0 Å². The molecular weight excluding hydrogens is 269 g/mol. The van der Waals surface area contributed by atoms with Crippen LogP contribution < -0.4 is 10.6 Å². The molecule has 0 aliphatic rings. The molecule has 0 saturated heterocycles. The van der Waals surface area contributed by atoms with E-state index in [1.165, 1.54) is 12.1 Å². The van der Waals surface area contributed by atoms with Crippen molar-refractivity contribution in [1.29, 1.82) is 0 Å². The van der Waals surface area contributed by atoms with Crippen LogP contribution in [0.5, 0.6) is 0 Å². The minimum absolute atomic E-state index is 0.0892. The van der Waals surface area contributed by atoms with E-state index in [4.69, 9.17) is 0 Å². The fourth-order valence-electron chi connectivity index (χ4n) is 1.65. The number of alkyl halides is 3. The molecule has 0 unspecified atom stereocenters. The van der Waals surface area contributed by atoms with Crippen molar-refractivity contribution in [2.24, 2.45) is 0 Å². The molecular formula is C14H19F3N2O. The predicted octanol–water partition coefficient (Wildman–Crippen LogP) is 2.36. The Morgan fingerprint density at radius 1 is 1.10 bits per heavy atom. The number of carbonyl (C=O) groups excluding carboxylic acids is 1. The van der Waals surface area contributed by atoms with Gasteiger partial charge in [-0.05, 0) is 30.7 Å². The minimum atomic E-state index is -4.34. The average molecular weight is 288 g/mol. The molecule has 0 aromatic heterocycles. The topological polar surface area (TPSA) is 41.1 Å². The lowest BCUT2D eigenvalue weighted by Crippen LogP contribution is -2.33. The van der Waals surface area contributed by atoms with E-state index in [-0.39, 0.29) is 12.3 Å². The van der Waals surface area contributed by atoms with Gasteiger partial charge in [0.15, 0.2) is 0 Å². The summed E-state index contributed by atoms with van der Waals surface area (Å²) >= 11 is 0. The smallest absolute Gasteiger partial charge is 0.355 e. The summed E-state index contributed by atoms with van der Waals surface area (Å²) in [5.41, 5.74) is -0.137. The van der Waals surface area contributed by atoms with Crippen LogP contribution in [0, 0.1) is 0 Å². The Balaban J connectivity index is 2.35. The highest BCUT2D eigenvalue weighted by molar-refractivity contribution is 5.78. The quantitative estimate of drug-likeness (QED) is 0.756. The summed E-state index contributed by atoms with van der Waals surface area (Å²) in [6.45, 7) is 4.15. The highest BCUT2D eigenvalue weighted by Crippen LogP contribution is 2.29. The molecule has 0 heterocycles. The standard InChI is InChI=1S/C14H19F3N2O/c1-2-7-18-8-9-19-13(20)10-11-3-5-12(6-4-11)14(15,16)17/h3-6,18H,2,7-10H2,1H3,(H,19,20). The number of amides is 1. The molecule has 0 aliphatic heterocycles. The van der Waals surface area contributed by atoms with Crippen molar-refractivity contribution < 1.29 is 18.0 Å². The molecule has 1 rings (SSSR count). The first kappa shape index (κ1) is 16.5. The lowest BCUT2D eigenvalue weighted by molar-refractivity contribution is -0.137. The summed E-state index contributed by atoms with van der Waals surface area (Å²) in [5, 5.41) is 5.85. The average Bonchev–Trinajstić information content (AvgIpc) is 2.38. The molecule has 0 saturated carbocycles. The zero-order valence-corrected chi connectivity index (χ0v) is 11.4. The number of carbonyl (C=O) groups is 1. The highest BCUT2D eigenvalue weighted by Gasteiger charge is 2.29. The van der Waals surface area contributed by atoms with Crippen molar-refractivity contribution >= 4 is 5.91 Å². The van der Waals surface area contributed by atoms with Gasteiger partial charge in [0, 0.05) is 13.1 Å². The SMILES string of the molecule is CCCNCCNC(=O)Cc1ccc(C(F)(F)F)cc1. The lowest BCUT2D eigenvalue weighted by atomic mass is 10.1. The van der Waals surface area contributed by atoms with Gasteiger partial charge in [-0.2, -0.15) is 13.2 Å². The molecule has 0 atom stereocenters. The molecule has 112 valence electrons. The molecule has 20 heavy (non-hydrogen) atoms. The Morgan fingerprint density at radius 2 is 1.75 bits per heavy atom. The maximum Gasteiger partial charge on any atom is 0.416 e. The Labute approximate surface area is 116 Å². The second-order valence-corrected chi connectivity index (χ2v) is 4.47. The van der Waals surface area contributed by atoms with Crippen LogP contribution in [0.15, 0.2) is 24.3 Å². The van der Waals surface area contributed by atoms with Crippen LogP contribution in [0.2, 0.25) is 0 Å². The molecule has 0 bridgehead atoms. The second kappa shape index (κ2) is 7.89. The summed E-state index contributed by atoms with van der Waals surface area (Å²) in [4.78, 5) is 11.6. The molecule has 0 radical (unpaired) electrons. The van der Waals surface area contributed by atoms with Gasteiger partial charge in [-0.25, -0.2) is 0 Å². The summed E-state index contributed by atoms with van der Waals surface area (Å²) in [7, 11) is 0. The number of hydrogen-bond donors (Lipinski definition) is 2. The summed E-state index contributed by atoms with van der Waals surface area (Å²) in [5.74, 6) is -0.192. The van der Waals surface area contributed by atoms with Crippen molar-refractivity contribution in [3.8, 4) is 0 Å². The zero-order valence-electron chi connectivity index (χ0n) is 11.4. The molecule has 2 N–H and O–H groups in total. The molecule has 0 spiro atoms. The van der Waals surface area contributed by atoms with Gasteiger partial charge in [0.05, 0.1) is 12.0 Å². The number of benzene rings is 1. The van der Waals surface area contributed by atoms with E-state index in [0.717, 1.165) is 25.1 Å². The van der Waals surface area contributed by atoms with Crippen molar-refractivity contribution in [3.63, 3.8) is 0 Å². The maximum atomic E-state index is 12.4. The maximum absolute atomic E-state index is 12.4. The third kappa shape index (κ3) is 6.06. The molecule has 1 aromatic carbocycles. The van der Waals surface area contributed by atoms with Gasteiger partial charge in [0.2, 0.25) is 5.91 Å². The molecule has 1 amide bonds. The van der Waals surface area contributed by atoms with Gasteiger partial charge in [0.1, 0.15) is 0 Å². The molecule has 6 heteroatoms. The van der Waals surface area contributed by atoms with Crippen molar-refractivity contribution in [2.75, 3.05) is 19.6 Å². The van der Waals surface area contributed by atoms with Crippen LogP contribution in [0.25, 0.3) is 0 Å². The number of nitrogens with one attached hydrogen (secondary N) is 2. The molecule has 3 nitrogen and oxygen atoms in total. The largest absolute Gasteiger partial charge is 0.416 e. The molecule has 0 aliphatic carbocycles. The third-order valence-corrected chi connectivity index (χ3v) is 2.70. The summed E-state index contributed by atoms with van der Waals surface area (Å²) < 4.78 is 37.1. The van der Waals surface area contributed by atoms with Crippen LogP contribution >= 0.6 is 0 Å². The first-order valence-corrected chi connectivity index (χ1v) is 6.57. The number of rotatable bonds is 7. The summed E-state index contributed by atoms with van der Waals surface area (Å²) in [6, 6.07) is 4.65. The van der Waals surface area contributed by atoms with Crippen molar-refractivity contribution in [1.82, 2.24) is 10.6 Å². The van der Waals surface area contributed by atoms with Crippen LogP contribution in [-0.2, 0) is 17.4 Å². The Hall–Kier alpha value is -1.56. The van der Waals surface area contributed by atoms with Gasteiger partial charge < -0.3 is 10.6 Å². The van der Waals surface area contributed by atoms with E-state index in [0.29, 0.717) is 18.7 Å². The lowest BCUT2D eigenvalue weighted by Gasteiger charge is -2.08. The van der Waals surface area contributed by atoms with E-state index in [9.17, 15) is 18.0 Å². The fraction of sp³-hybridized carbons (Fsp3) is 0.500. The van der Waals surface area contributed by atoms with Gasteiger partial charge in [0.25, 0.3) is 0 Å². The predicted molar refractivity (Wildman–Crippen MR) is 71.3 cm³/mol. The van der Waals surface area contributed by atoms with Crippen molar-refractivity contribution in [3.05, 3.63) is 35.4 Å². The number of hydrogen-bond acceptors (Lipinski definition) is 2. The fourth-order valence-corrected chi connectivity index (χ4v) is 1.65. The third-order valence-electron chi connectivity index (χ3n) is 2.70. The second-order valence-electron chi connectivity index (χ2n) is 4.47. The molecule has 1 aromatic rings. The van der Waals surface area contributed by atoms with Crippen LogP contribution in [0.3, 0.4) is 0 Å². The molecule has 0 fully saturated rings. The Morgan fingerprint density at radius 3 is 2.30 bits per heavy atom. The van der Waals surface area contributed by atoms with Gasteiger partial charge in [-0.15, -0.1) is 0 Å². The number of halogens is 3. The zero-order chi connectivity index (χ0) is 15.0. The first-order valence-electron chi connectivity index (χ1n) is 6.57. The Bertz CT molecular complexity index is 415.